The number of hydrogen-bond donors (Lipinski definition) is 4. The minimum absolute atomic E-state index is 0.169. The first-order valence-corrected chi connectivity index (χ1v) is 10.0. The molecule has 150 valence electrons. The highest BCUT2D eigenvalue weighted by Crippen LogP contribution is 2.37. The smallest absolute Gasteiger partial charge is 0.260 e. The Labute approximate surface area is 170 Å². The SMILES string of the molecule is NC(=O)c1sc2nc(N3CCC(N)CC3)cc(C(=O)Nc3cccnc3)c2c1N. The number of nitrogens with zero attached hydrogens (tertiary/aromatic N) is 3. The van der Waals surface area contributed by atoms with Crippen molar-refractivity contribution in [3.05, 3.63) is 41.0 Å². The van der Waals surface area contributed by atoms with Gasteiger partial charge in [0.1, 0.15) is 15.5 Å². The summed E-state index contributed by atoms with van der Waals surface area (Å²) in [6.07, 6.45) is 4.86. The second-order valence-corrected chi connectivity index (χ2v) is 7.94. The average Bonchev–Trinajstić information content (AvgIpc) is 3.05. The molecular weight excluding hydrogens is 390 g/mol. The summed E-state index contributed by atoms with van der Waals surface area (Å²) in [6.45, 7) is 1.49. The lowest BCUT2D eigenvalue weighted by Crippen LogP contribution is -2.40. The van der Waals surface area contributed by atoms with Gasteiger partial charge in [-0.2, -0.15) is 0 Å². The fourth-order valence-electron chi connectivity index (χ4n) is 3.40. The van der Waals surface area contributed by atoms with Crippen LogP contribution in [0.4, 0.5) is 17.2 Å². The maximum Gasteiger partial charge on any atom is 0.260 e. The molecule has 4 rings (SSSR count). The molecule has 7 N–H and O–H groups in total. The Bertz CT molecular complexity index is 1080. The third kappa shape index (κ3) is 3.71. The number of carbonyl (C=O) groups is 2. The quantitative estimate of drug-likeness (QED) is 0.508. The minimum Gasteiger partial charge on any atom is -0.397 e. The lowest BCUT2D eigenvalue weighted by Gasteiger charge is -2.31. The number of aromatic nitrogens is 2. The van der Waals surface area contributed by atoms with E-state index in [9.17, 15) is 9.59 Å². The number of anilines is 3. The highest BCUT2D eigenvalue weighted by atomic mass is 32.1. The average molecular weight is 411 g/mol. The predicted octanol–water partition coefficient (Wildman–Crippen LogP) is 1.55. The van der Waals surface area contributed by atoms with Gasteiger partial charge in [-0.1, -0.05) is 0 Å². The minimum atomic E-state index is -0.644. The molecule has 0 saturated carbocycles. The Balaban J connectivity index is 1.81. The van der Waals surface area contributed by atoms with Crippen LogP contribution >= 0.6 is 11.3 Å². The van der Waals surface area contributed by atoms with Crippen LogP contribution < -0.4 is 27.4 Å². The van der Waals surface area contributed by atoms with Crippen molar-refractivity contribution in [2.24, 2.45) is 11.5 Å². The van der Waals surface area contributed by atoms with Crippen LogP contribution in [0.5, 0.6) is 0 Å². The fourth-order valence-corrected chi connectivity index (χ4v) is 4.36. The summed E-state index contributed by atoms with van der Waals surface area (Å²) in [4.78, 5) is 36.3. The molecule has 1 fully saturated rings. The summed E-state index contributed by atoms with van der Waals surface area (Å²) in [7, 11) is 0. The molecule has 10 heteroatoms. The normalized spacial score (nSPS) is 14.9. The van der Waals surface area contributed by atoms with Crippen LogP contribution in [0.1, 0.15) is 32.9 Å². The van der Waals surface area contributed by atoms with Crippen molar-refractivity contribution in [3.8, 4) is 0 Å². The van der Waals surface area contributed by atoms with E-state index in [1.54, 1.807) is 30.6 Å². The first-order chi connectivity index (χ1) is 13.9. The number of hydrogen-bond acceptors (Lipinski definition) is 8. The molecule has 1 aliphatic heterocycles. The van der Waals surface area contributed by atoms with E-state index < -0.39 is 5.91 Å². The molecule has 1 saturated heterocycles. The highest BCUT2D eigenvalue weighted by Gasteiger charge is 2.25. The number of fused-ring (bicyclic) bond motifs is 1. The van der Waals surface area contributed by atoms with E-state index in [1.807, 2.05) is 0 Å². The van der Waals surface area contributed by atoms with Crippen molar-refractivity contribution in [3.63, 3.8) is 0 Å². The first-order valence-electron chi connectivity index (χ1n) is 9.18. The van der Waals surface area contributed by atoms with E-state index in [0.717, 1.165) is 37.3 Å². The monoisotopic (exact) mass is 411 g/mol. The van der Waals surface area contributed by atoms with Gasteiger partial charge in [0, 0.05) is 30.7 Å². The number of nitrogens with one attached hydrogen (secondary N) is 1. The fraction of sp³-hybridized carbons (Fsp3) is 0.263. The van der Waals surface area contributed by atoms with Gasteiger partial charge in [0.2, 0.25) is 0 Å². The van der Waals surface area contributed by atoms with Gasteiger partial charge in [-0.3, -0.25) is 14.6 Å². The number of rotatable bonds is 4. The number of amides is 2. The molecule has 0 bridgehead atoms. The Hall–Kier alpha value is -3.24. The van der Waals surface area contributed by atoms with Gasteiger partial charge in [0.05, 0.1) is 23.1 Å². The summed E-state index contributed by atoms with van der Waals surface area (Å²) in [5.41, 5.74) is 18.7. The van der Waals surface area contributed by atoms with Gasteiger partial charge in [0.25, 0.3) is 11.8 Å². The zero-order valence-corrected chi connectivity index (χ0v) is 16.4. The van der Waals surface area contributed by atoms with E-state index >= 15 is 0 Å². The van der Waals surface area contributed by atoms with Crippen molar-refractivity contribution in [2.75, 3.05) is 29.0 Å². The van der Waals surface area contributed by atoms with Crippen molar-refractivity contribution >= 4 is 50.6 Å². The molecule has 0 atom stereocenters. The summed E-state index contributed by atoms with van der Waals surface area (Å²) in [5, 5.41) is 3.25. The number of piperidine rings is 1. The van der Waals surface area contributed by atoms with Crippen LogP contribution in [0.25, 0.3) is 10.2 Å². The number of carbonyl (C=O) groups excluding carboxylic acids is 2. The second kappa shape index (κ2) is 7.64. The lowest BCUT2D eigenvalue weighted by atomic mass is 10.1. The van der Waals surface area contributed by atoms with Crippen LogP contribution in [0.3, 0.4) is 0 Å². The summed E-state index contributed by atoms with van der Waals surface area (Å²) in [5.74, 6) is -0.353. The molecule has 29 heavy (non-hydrogen) atoms. The Morgan fingerprint density at radius 1 is 1.28 bits per heavy atom. The summed E-state index contributed by atoms with van der Waals surface area (Å²) in [6, 6.07) is 5.34. The number of pyridine rings is 2. The summed E-state index contributed by atoms with van der Waals surface area (Å²) >= 11 is 1.09. The highest BCUT2D eigenvalue weighted by molar-refractivity contribution is 7.21. The maximum atomic E-state index is 13.1. The molecule has 0 aliphatic carbocycles. The molecule has 2 amide bonds. The van der Waals surface area contributed by atoms with E-state index in [1.165, 1.54) is 0 Å². The van der Waals surface area contributed by atoms with E-state index in [4.69, 9.17) is 17.2 Å². The van der Waals surface area contributed by atoms with Crippen LogP contribution in [-0.4, -0.2) is 40.9 Å². The van der Waals surface area contributed by atoms with Crippen molar-refractivity contribution in [1.82, 2.24) is 9.97 Å². The zero-order chi connectivity index (χ0) is 20.5. The molecule has 3 aromatic heterocycles. The number of nitrogens with two attached hydrogens (primary N) is 3. The van der Waals surface area contributed by atoms with Crippen LogP contribution in [0.2, 0.25) is 0 Å². The van der Waals surface area contributed by atoms with Crippen LogP contribution in [-0.2, 0) is 0 Å². The third-order valence-electron chi connectivity index (χ3n) is 4.94. The standard InChI is InChI=1S/C19H21N7O2S/c20-10-3-6-26(7-4-10)13-8-12(18(28)24-11-2-1-5-23-9-11)14-15(21)16(17(22)27)29-19(14)25-13/h1-2,5,8-10H,3-4,6-7,20-21H2,(H2,22,27)(H,24,28). The number of thiophene rings is 1. The summed E-state index contributed by atoms with van der Waals surface area (Å²) < 4.78 is 0. The first kappa shape index (κ1) is 19.1. The van der Waals surface area contributed by atoms with Gasteiger partial charge in [0.15, 0.2) is 0 Å². The van der Waals surface area contributed by atoms with E-state index in [0.29, 0.717) is 27.3 Å². The molecule has 0 unspecified atom stereocenters. The molecule has 4 heterocycles. The van der Waals surface area contributed by atoms with Gasteiger partial charge in [-0.05, 0) is 31.0 Å². The van der Waals surface area contributed by atoms with Crippen LogP contribution in [0.15, 0.2) is 30.6 Å². The predicted molar refractivity (Wildman–Crippen MR) is 114 cm³/mol. The van der Waals surface area contributed by atoms with Crippen molar-refractivity contribution in [2.45, 2.75) is 18.9 Å². The zero-order valence-electron chi connectivity index (χ0n) is 15.6. The van der Waals surface area contributed by atoms with Gasteiger partial charge >= 0.3 is 0 Å². The number of nitrogen functional groups attached to an aromatic ring is 1. The number of primary amides is 1. The second-order valence-electron chi connectivity index (χ2n) is 6.94. The largest absolute Gasteiger partial charge is 0.397 e. The van der Waals surface area contributed by atoms with E-state index in [2.05, 4.69) is 20.2 Å². The van der Waals surface area contributed by atoms with Crippen LogP contribution in [0, 0.1) is 0 Å². The topological polar surface area (TPSA) is 153 Å². The van der Waals surface area contributed by atoms with Crippen molar-refractivity contribution < 1.29 is 9.59 Å². The molecule has 0 aromatic carbocycles. The Morgan fingerprint density at radius 3 is 2.69 bits per heavy atom. The molecule has 3 aromatic rings. The maximum absolute atomic E-state index is 13.1. The molecular formula is C19H21N7O2S. The Morgan fingerprint density at radius 2 is 2.03 bits per heavy atom. The molecule has 1 aliphatic rings. The van der Waals surface area contributed by atoms with E-state index in [-0.39, 0.29) is 22.5 Å². The molecule has 9 nitrogen and oxygen atoms in total. The Kier molecular flexibility index (Phi) is 5.03. The van der Waals surface area contributed by atoms with Gasteiger partial charge < -0.3 is 27.4 Å². The van der Waals surface area contributed by atoms with Gasteiger partial charge in [-0.25, -0.2) is 4.98 Å². The van der Waals surface area contributed by atoms with Gasteiger partial charge in [-0.15, -0.1) is 11.3 Å². The third-order valence-corrected chi connectivity index (χ3v) is 6.05. The van der Waals surface area contributed by atoms with Crippen molar-refractivity contribution in [1.29, 1.82) is 0 Å². The molecule has 0 spiro atoms. The molecule has 0 radical (unpaired) electrons. The lowest BCUT2D eigenvalue weighted by molar-refractivity contribution is 0.100.